The number of aryl methyl sites for hydroxylation is 1. The first-order chi connectivity index (χ1) is 8.93. The molecule has 1 aromatic heterocycles. The number of nitrogens with one attached hydrogen (secondary N) is 1. The van der Waals surface area contributed by atoms with Crippen LogP contribution in [0.3, 0.4) is 0 Å². The van der Waals surface area contributed by atoms with Crippen LogP contribution in [-0.2, 0) is 6.42 Å². The predicted octanol–water partition coefficient (Wildman–Crippen LogP) is 2.90. The van der Waals surface area contributed by atoms with E-state index in [-0.39, 0.29) is 0 Å². The van der Waals surface area contributed by atoms with Gasteiger partial charge in [0.15, 0.2) is 0 Å². The fourth-order valence-electron chi connectivity index (χ4n) is 2.74. The molecule has 0 radical (unpaired) electrons. The Balaban J connectivity index is 1.60. The van der Waals surface area contributed by atoms with E-state index in [1.807, 2.05) is 6.20 Å². The van der Waals surface area contributed by atoms with E-state index >= 15 is 0 Å². The zero-order valence-electron chi connectivity index (χ0n) is 10.6. The van der Waals surface area contributed by atoms with Crippen molar-refractivity contribution in [3.63, 3.8) is 0 Å². The first-order valence-electron chi connectivity index (χ1n) is 6.80. The fourth-order valence-corrected chi connectivity index (χ4v) is 5.36. The first-order valence-corrected chi connectivity index (χ1v) is 9.00. The highest BCUT2D eigenvalue weighted by molar-refractivity contribution is 8.06. The fraction of sp³-hybridized carbons (Fsp3) is 0.643. The van der Waals surface area contributed by atoms with Gasteiger partial charge in [0, 0.05) is 41.3 Å². The summed E-state index contributed by atoms with van der Waals surface area (Å²) in [5.41, 5.74) is 2.75. The van der Waals surface area contributed by atoms with Gasteiger partial charge in [0.1, 0.15) is 0 Å². The number of nitrogens with zero attached hydrogens (tertiary/aromatic N) is 1. The molecule has 2 atom stereocenters. The van der Waals surface area contributed by atoms with E-state index in [2.05, 4.69) is 46.0 Å². The van der Waals surface area contributed by atoms with Crippen molar-refractivity contribution >= 4 is 23.5 Å². The molecule has 1 aliphatic heterocycles. The van der Waals surface area contributed by atoms with Gasteiger partial charge < -0.3 is 5.32 Å². The molecule has 0 bridgehead atoms. The summed E-state index contributed by atoms with van der Waals surface area (Å²) < 4.78 is 0. The number of aromatic nitrogens is 1. The van der Waals surface area contributed by atoms with Crippen LogP contribution in [-0.4, -0.2) is 34.0 Å². The van der Waals surface area contributed by atoms with Gasteiger partial charge in [0.25, 0.3) is 0 Å². The van der Waals surface area contributed by atoms with Crippen LogP contribution in [0.1, 0.15) is 30.1 Å². The van der Waals surface area contributed by atoms with Crippen molar-refractivity contribution in [2.45, 2.75) is 30.6 Å². The third-order valence-corrected chi connectivity index (χ3v) is 6.52. The van der Waals surface area contributed by atoms with Gasteiger partial charge >= 0.3 is 0 Å². The second-order valence-electron chi connectivity index (χ2n) is 4.97. The Bertz CT molecular complexity index is 391. The quantitative estimate of drug-likeness (QED) is 0.920. The maximum atomic E-state index is 4.59. The van der Waals surface area contributed by atoms with Gasteiger partial charge in [0.2, 0.25) is 0 Å². The largest absolute Gasteiger partial charge is 0.307 e. The highest BCUT2D eigenvalue weighted by Gasteiger charge is 2.22. The number of rotatable bonds is 3. The molecule has 1 aromatic rings. The Labute approximate surface area is 118 Å². The van der Waals surface area contributed by atoms with Gasteiger partial charge in [-0.25, -0.2) is 0 Å². The maximum absolute atomic E-state index is 4.59. The lowest BCUT2D eigenvalue weighted by Crippen LogP contribution is -2.34. The van der Waals surface area contributed by atoms with Crippen LogP contribution >= 0.6 is 23.5 Å². The highest BCUT2D eigenvalue weighted by atomic mass is 32.2. The molecule has 0 amide bonds. The zero-order chi connectivity index (χ0) is 12.2. The third-order valence-electron chi connectivity index (χ3n) is 3.67. The molecule has 1 aliphatic carbocycles. The lowest BCUT2D eigenvalue weighted by atomic mass is 9.92. The van der Waals surface area contributed by atoms with Gasteiger partial charge in [-0.1, -0.05) is 6.07 Å². The van der Waals surface area contributed by atoms with Crippen LogP contribution in [0.4, 0.5) is 0 Å². The Morgan fingerprint density at radius 3 is 3.28 bits per heavy atom. The molecule has 0 spiro atoms. The maximum Gasteiger partial charge on any atom is 0.0605 e. The van der Waals surface area contributed by atoms with Gasteiger partial charge in [0.05, 0.1) is 5.69 Å². The van der Waals surface area contributed by atoms with E-state index < -0.39 is 0 Å². The Morgan fingerprint density at radius 1 is 1.39 bits per heavy atom. The summed E-state index contributed by atoms with van der Waals surface area (Å²) in [6.07, 6.45) is 5.68. The molecule has 18 heavy (non-hydrogen) atoms. The minimum atomic E-state index is 0.488. The molecular formula is C14H20N2S2. The normalized spacial score (nSPS) is 27.8. The SMILES string of the molecule is c1cnc2c(c1)CCCC2NCC1CSCCS1. The van der Waals surface area contributed by atoms with Crippen molar-refractivity contribution in [2.75, 3.05) is 23.8 Å². The molecule has 98 valence electrons. The van der Waals surface area contributed by atoms with Crippen LogP contribution in [0, 0.1) is 0 Å². The molecule has 2 unspecified atom stereocenters. The number of pyridine rings is 1. The molecule has 2 nitrogen and oxygen atoms in total. The van der Waals surface area contributed by atoms with Crippen molar-refractivity contribution in [3.8, 4) is 0 Å². The van der Waals surface area contributed by atoms with Crippen LogP contribution in [0.15, 0.2) is 18.3 Å². The van der Waals surface area contributed by atoms with Crippen LogP contribution in [0.5, 0.6) is 0 Å². The van der Waals surface area contributed by atoms with Crippen molar-refractivity contribution < 1.29 is 0 Å². The zero-order valence-corrected chi connectivity index (χ0v) is 12.2. The number of fused-ring (bicyclic) bond motifs is 1. The third kappa shape index (κ3) is 3.03. The van der Waals surface area contributed by atoms with Gasteiger partial charge in [-0.2, -0.15) is 23.5 Å². The number of thioether (sulfide) groups is 2. The summed E-state index contributed by atoms with van der Waals surface area (Å²) in [6, 6.07) is 4.79. The van der Waals surface area contributed by atoms with E-state index in [1.165, 1.54) is 47.8 Å². The Kier molecular flexibility index (Phi) is 4.49. The average Bonchev–Trinajstić information content (AvgIpc) is 2.46. The highest BCUT2D eigenvalue weighted by Crippen LogP contribution is 2.29. The van der Waals surface area contributed by atoms with E-state index in [0.717, 1.165) is 11.8 Å². The summed E-state index contributed by atoms with van der Waals surface area (Å²) in [6.45, 7) is 1.14. The molecule has 1 N–H and O–H groups in total. The molecular weight excluding hydrogens is 260 g/mol. The molecule has 1 saturated heterocycles. The summed E-state index contributed by atoms with van der Waals surface area (Å²) >= 11 is 4.23. The lowest BCUT2D eigenvalue weighted by molar-refractivity contribution is 0.452. The average molecular weight is 280 g/mol. The van der Waals surface area contributed by atoms with E-state index in [9.17, 15) is 0 Å². The second kappa shape index (κ2) is 6.31. The molecule has 3 rings (SSSR count). The molecule has 4 heteroatoms. The molecule has 2 heterocycles. The summed E-state index contributed by atoms with van der Waals surface area (Å²) in [7, 11) is 0. The monoisotopic (exact) mass is 280 g/mol. The minimum absolute atomic E-state index is 0.488. The van der Waals surface area contributed by atoms with Crippen molar-refractivity contribution in [2.24, 2.45) is 0 Å². The number of hydrogen-bond donors (Lipinski definition) is 1. The van der Waals surface area contributed by atoms with Crippen LogP contribution in [0.25, 0.3) is 0 Å². The molecule has 0 aromatic carbocycles. The van der Waals surface area contributed by atoms with Gasteiger partial charge in [-0.3, -0.25) is 4.98 Å². The second-order valence-corrected chi connectivity index (χ2v) is 7.53. The smallest absolute Gasteiger partial charge is 0.0605 e. The topological polar surface area (TPSA) is 24.9 Å². The molecule has 0 saturated carbocycles. The standard InChI is InChI=1S/C14H20N2S2/c1-3-11-4-2-6-15-14(11)13(5-1)16-9-12-10-17-7-8-18-12/h2,4,6,12-13,16H,1,3,5,7-10H2. The Morgan fingerprint density at radius 2 is 2.39 bits per heavy atom. The predicted molar refractivity (Wildman–Crippen MR) is 81.5 cm³/mol. The van der Waals surface area contributed by atoms with Crippen molar-refractivity contribution in [1.82, 2.24) is 10.3 Å². The van der Waals surface area contributed by atoms with E-state index in [0.29, 0.717) is 6.04 Å². The van der Waals surface area contributed by atoms with Gasteiger partial charge in [-0.05, 0) is 30.9 Å². The lowest BCUT2D eigenvalue weighted by Gasteiger charge is -2.28. The summed E-state index contributed by atoms with van der Waals surface area (Å²) in [5, 5.41) is 4.54. The summed E-state index contributed by atoms with van der Waals surface area (Å²) in [4.78, 5) is 4.59. The Hall–Kier alpha value is -0.190. The minimum Gasteiger partial charge on any atom is -0.307 e. The first kappa shape index (κ1) is 12.8. The van der Waals surface area contributed by atoms with Gasteiger partial charge in [-0.15, -0.1) is 0 Å². The molecule has 2 aliphatic rings. The van der Waals surface area contributed by atoms with Crippen LogP contribution in [0.2, 0.25) is 0 Å². The van der Waals surface area contributed by atoms with Crippen molar-refractivity contribution in [1.29, 1.82) is 0 Å². The van der Waals surface area contributed by atoms with E-state index in [4.69, 9.17) is 0 Å². The van der Waals surface area contributed by atoms with Crippen molar-refractivity contribution in [3.05, 3.63) is 29.6 Å². The summed E-state index contributed by atoms with van der Waals surface area (Å²) in [5.74, 6) is 3.95. The number of hydrogen-bond acceptors (Lipinski definition) is 4. The molecule has 1 fully saturated rings. The van der Waals surface area contributed by atoms with Crippen LogP contribution < -0.4 is 5.32 Å². The van der Waals surface area contributed by atoms with E-state index in [1.54, 1.807) is 0 Å².